The first-order valence-corrected chi connectivity index (χ1v) is 7.22. The molecular formula is C16H20N2O3. The fourth-order valence-electron chi connectivity index (χ4n) is 2.31. The van der Waals surface area contributed by atoms with Crippen molar-refractivity contribution < 1.29 is 14.3 Å². The number of hydrogen-bond acceptors (Lipinski definition) is 4. The molecule has 0 aliphatic carbocycles. The maximum absolute atomic E-state index is 12.2. The van der Waals surface area contributed by atoms with Gasteiger partial charge < -0.3 is 14.0 Å². The van der Waals surface area contributed by atoms with E-state index >= 15 is 0 Å². The molecule has 5 heteroatoms. The van der Waals surface area contributed by atoms with Crippen molar-refractivity contribution in [3.63, 3.8) is 0 Å². The van der Waals surface area contributed by atoms with Crippen LogP contribution in [0.3, 0.4) is 0 Å². The van der Waals surface area contributed by atoms with Crippen LogP contribution in [0.15, 0.2) is 24.5 Å². The third kappa shape index (κ3) is 3.08. The van der Waals surface area contributed by atoms with Crippen LogP contribution in [0.4, 0.5) is 0 Å². The molecule has 1 saturated heterocycles. The van der Waals surface area contributed by atoms with Gasteiger partial charge in [-0.05, 0) is 45.4 Å². The van der Waals surface area contributed by atoms with Gasteiger partial charge >= 0.3 is 5.97 Å². The number of fused-ring (bicyclic) bond motifs is 1. The number of carbonyl (C=O) groups excluding carboxylic acids is 1. The van der Waals surface area contributed by atoms with Crippen LogP contribution in [-0.4, -0.2) is 33.8 Å². The minimum absolute atomic E-state index is 0.257. The molecule has 112 valence electrons. The highest BCUT2D eigenvalue weighted by Gasteiger charge is 2.21. The summed E-state index contributed by atoms with van der Waals surface area (Å²) >= 11 is 0. The molecular weight excluding hydrogens is 268 g/mol. The van der Waals surface area contributed by atoms with E-state index in [2.05, 4.69) is 4.98 Å². The van der Waals surface area contributed by atoms with Gasteiger partial charge in [0.25, 0.3) is 0 Å². The fraction of sp³-hybridized carbons (Fsp3) is 0.500. The molecule has 2 aromatic rings. The summed E-state index contributed by atoms with van der Waals surface area (Å²) < 4.78 is 12.9. The van der Waals surface area contributed by atoms with E-state index in [1.807, 2.05) is 37.5 Å². The Kier molecular flexibility index (Phi) is 3.45. The highest BCUT2D eigenvalue weighted by atomic mass is 16.6. The van der Waals surface area contributed by atoms with Crippen molar-refractivity contribution in [2.24, 2.45) is 0 Å². The average Bonchev–Trinajstić information content (AvgIpc) is 2.74. The Morgan fingerprint density at radius 2 is 2.24 bits per heavy atom. The lowest BCUT2D eigenvalue weighted by molar-refractivity contribution is -0.0586. The Morgan fingerprint density at radius 1 is 1.48 bits per heavy atom. The summed E-state index contributed by atoms with van der Waals surface area (Å²) in [5.74, 6) is -0.308. The number of hydrogen-bond donors (Lipinski definition) is 0. The van der Waals surface area contributed by atoms with Gasteiger partial charge in [-0.15, -0.1) is 0 Å². The van der Waals surface area contributed by atoms with E-state index in [-0.39, 0.29) is 12.1 Å². The normalized spacial score (nSPS) is 18.5. The molecule has 0 saturated carbocycles. The van der Waals surface area contributed by atoms with E-state index in [4.69, 9.17) is 9.47 Å². The second-order valence-electron chi connectivity index (χ2n) is 6.38. The van der Waals surface area contributed by atoms with E-state index in [9.17, 15) is 4.79 Å². The number of rotatable bonds is 3. The molecule has 1 atom stereocenters. The van der Waals surface area contributed by atoms with Gasteiger partial charge in [-0.3, -0.25) is 0 Å². The van der Waals surface area contributed by atoms with Crippen LogP contribution in [0.5, 0.6) is 0 Å². The standard InChI is InChI=1S/C16H20N2O3/c1-16(2,3)21-15(19)11-4-5-13-14(8-11)18(10-17-13)9-12-6-7-20-12/h4-5,8,10,12H,6-7,9H2,1-3H3. The van der Waals surface area contributed by atoms with Gasteiger partial charge in [0, 0.05) is 6.61 Å². The molecule has 2 heterocycles. The summed E-state index contributed by atoms with van der Waals surface area (Å²) in [6, 6.07) is 5.45. The van der Waals surface area contributed by atoms with Crippen LogP contribution < -0.4 is 0 Å². The van der Waals surface area contributed by atoms with Gasteiger partial charge in [-0.25, -0.2) is 9.78 Å². The van der Waals surface area contributed by atoms with Crippen LogP contribution in [0.1, 0.15) is 37.6 Å². The number of benzene rings is 1. The molecule has 1 aliphatic rings. The summed E-state index contributed by atoms with van der Waals surface area (Å²) in [4.78, 5) is 16.5. The minimum Gasteiger partial charge on any atom is -0.456 e. The fourth-order valence-corrected chi connectivity index (χ4v) is 2.31. The van der Waals surface area contributed by atoms with Gasteiger partial charge in [-0.1, -0.05) is 0 Å². The van der Waals surface area contributed by atoms with E-state index in [0.717, 1.165) is 30.6 Å². The molecule has 21 heavy (non-hydrogen) atoms. The number of nitrogens with zero attached hydrogens (tertiary/aromatic N) is 2. The number of esters is 1. The Morgan fingerprint density at radius 3 is 2.86 bits per heavy atom. The molecule has 0 N–H and O–H groups in total. The lowest BCUT2D eigenvalue weighted by atomic mass is 10.1. The third-order valence-electron chi connectivity index (χ3n) is 3.45. The first kappa shape index (κ1) is 14.1. The third-order valence-corrected chi connectivity index (χ3v) is 3.45. The molecule has 0 radical (unpaired) electrons. The zero-order valence-electron chi connectivity index (χ0n) is 12.6. The molecule has 1 aromatic carbocycles. The Labute approximate surface area is 123 Å². The number of imidazole rings is 1. The Balaban J connectivity index is 1.87. The van der Waals surface area contributed by atoms with E-state index in [1.54, 1.807) is 12.4 Å². The lowest BCUT2D eigenvalue weighted by Crippen LogP contribution is -2.31. The van der Waals surface area contributed by atoms with Gasteiger partial charge in [0.05, 0.1) is 35.6 Å². The number of aromatic nitrogens is 2. The Bertz CT molecular complexity index is 666. The van der Waals surface area contributed by atoms with Gasteiger partial charge in [0.1, 0.15) is 5.60 Å². The highest BCUT2D eigenvalue weighted by Crippen LogP contribution is 2.21. The molecule has 1 unspecified atom stereocenters. The molecule has 0 amide bonds. The largest absolute Gasteiger partial charge is 0.456 e. The second-order valence-corrected chi connectivity index (χ2v) is 6.38. The molecule has 0 bridgehead atoms. The average molecular weight is 288 g/mol. The van der Waals surface area contributed by atoms with Crippen molar-refractivity contribution in [2.75, 3.05) is 6.61 Å². The minimum atomic E-state index is -0.494. The van der Waals surface area contributed by atoms with Crippen molar-refractivity contribution in [3.8, 4) is 0 Å². The quantitative estimate of drug-likeness (QED) is 0.815. The molecule has 1 aliphatic heterocycles. The van der Waals surface area contributed by atoms with Crippen LogP contribution in [-0.2, 0) is 16.0 Å². The van der Waals surface area contributed by atoms with E-state index in [0.29, 0.717) is 5.56 Å². The zero-order chi connectivity index (χ0) is 15.0. The van der Waals surface area contributed by atoms with E-state index < -0.39 is 5.60 Å². The monoisotopic (exact) mass is 288 g/mol. The van der Waals surface area contributed by atoms with Crippen LogP contribution in [0.25, 0.3) is 11.0 Å². The Hall–Kier alpha value is -1.88. The van der Waals surface area contributed by atoms with Crippen LogP contribution in [0.2, 0.25) is 0 Å². The maximum atomic E-state index is 12.2. The van der Waals surface area contributed by atoms with Crippen molar-refractivity contribution in [2.45, 2.75) is 45.4 Å². The molecule has 5 nitrogen and oxygen atoms in total. The van der Waals surface area contributed by atoms with Crippen molar-refractivity contribution >= 4 is 17.0 Å². The predicted octanol–water partition coefficient (Wildman–Crippen LogP) is 2.78. The SMILES string of the molecule is CC(C)(C)OC(=O)c1ccc2ncn(CC3CCO3)c2c1. The van der Waals surface area contributed by atoms with Crippen LogP contribution in [0, 0.1) is 0 Å². The van der Waals surface area contributed by atoms with Gasteiger partial charge in [-0.2, -0.15) is 0 Å². The van der Waals surface area contributed by atoms with Crippen molar-refractivity contribution in [1.82, 2.24) is 9.55 Å². The first-order valence-electron chi connectivity index (χ1n) is 7.22. The number of ether oxygens (including phenoxy) is 2. The molecule has 1 fully saturated rings. The maximum Gasteiger partial charge on any atom is 0.338 e. The van der Waals surface area contributed by atoms with Gasteiger partial charge in [0.2, 0.25) is 0 Å². The molecule has 3 rings (SSSR count). The van der Waals surface area contributed by atoms with E-state index in [1.165, 1.54) is 0 Å². The first-order chi connectivity index (χ1) is 9.92. The van der Waals surface area contributed by atoms with Gasteiger partial charge in [0.15, 0.2) is 0 Å². The molecule has 0 spiro atoms. The summed E-state index contributed by atoms with van der Waals surface area (Å²) in [5.41, 5.74) is 1.87. The lowest BCUT2D eigenvalue weighted by Gasteiger charge is -2.26. The van der Waals surface area contributed by atoms with Crippen molar-refractivity contribution in [3.05, 3.63) is 30.1 Å². The highest BCUT2D eigenvalue weighted by molar-refractivity contribution is 5.93. The summed E-state index contributed by atoms with van der Waals surface area (Å²) in [6.07, 6.45) is 3.13. The summed E-state index contributed by atoms with van der Waals surface area (Å²) in [6.45, 7) is 7.19. The smallest absolute Gasteiger partial charge is 0.338 e. The summed E-state index contributed by atoms with van der Waals surface area (Å²) in [7, 11) is 0. The predicted molar refractivity (Wildman–Crippen MR) is 79.3 cm³/mol. The van der Waals surface area contributed by atoms with Crippen molar-refractivity contribution in [1.29, 1.82) is 0 Å². The zero-order valence-corrected chi connectivity index (χ0v) is 12.6. The number of carbonyl (C=O) groups is 1. The van der Waals surface area contributed by atoms with Crippen LogP contribution >= 0.6 is 0 Å². The summed E-state index contributed by atoms with van der Waals surface area (Å²) in [5, 5.41) is 0. The molecule has 1 aromatic heterocycles. The second kappa shape index (κ2) is 5.15. The topological polar surface area (TPSA) is 53.3 Å².